The van der Waals surface area contributed by atoms with Gasteiger partial charge in [-0.2, -0.15) is 13.2 Å². The zero-order valence-electron chi connectivity index (χ0n) is 32.6. The number of aliphatic hydroxyl groups is 1. The summed E-state index contributed by atoms with van der Waals surface area (Å²) in [6, 6.07) is 22.1. The molecule has 11 nitrogen and oxygen atoms in total. The number of aryl methyl sites for hydroxylation is 1. The number of hydrogen-bond donors (Lipinski definition) is 3. The van der Waals surface area contributed by atoms with Gasteiger partial charge in [-0.3, -0.25) is 14.6 Å². The highest BCUT2D eigenvalue weighted by Gasteiger charge is 2.30. The smallest absolute Gasteiger partial charge is 0.394 e. The summed E-state index contributed by atoms with van der Waals surface area (Å²) in [6.45, 7) is 11.5. The number of halogens is 3. The lowest BCUT2D eigenvalue weighted by Crippen LogP contribution is -2.22. The molecule has 57 heavy (non-hydrogen) atoms. The molecule has 306 valence electrons. The van der Waals surface area contributed by atoms with E-state index in [0.717, 1.165) is 53.3 Å². The fraction of sp³-hybridized carbons (Fsp3) is 0.372. The van der Waals surface area contributed by atoms with Gasteiger partial charge in [-0.15, -0.1) is 0 Å². The average Bonchev–Trinajstić information content (AvgIpc) is 3.21. The molecule has 0 saturated carbocycles. The van der Waals surface area contributed by atoms with Crippen LogP contribution < -0.4 is 15.5 Å². The van der Waals surface area contributed by atoms with Crippen molar-refractivity contribution >= 4 is 23.7 Å². The summed E-state index contributed by atoms with van der Waals surface area (Å²) in [6.07, 6.45) is -2.10. The van der Waals surface area contributed by atoms with Crippen molar-refractivity contribution in [3.63, 3.8) is 0 Å². The molecule has 0 bridgehead atoms. The number of aliphatic hydroxyl groups excluding tert-OH is 1. The van der Waals surface area contributed by atoms with Crippen LogP contribution in [0.3, 0.4) is 0 Å². The van der Waals surface area contributed by atoms with Crippen molar-refractivity contribution in [2.45, 2.75) is 33.5 Å². The first kappa shape index (κ1) is 46.1. The van der Waals surface area contributed by atoms with Crippen LogP contribution in [-0.2, 0) is 36.5 Å². The molecule has 0 spiro atoms. The third-order valence-corrected chi connectivity index (χ3v) is 8.10. The van der Waals surface area contributed by atoms with Gasteiger partial charge in [-0.1, -0.05) is 30.0 Å². The molecule has 3 N–H and O–H groups in total. The summed E-state index contributed by atoms with van der Waals surface area (Å²) in [5.74, 6) is 5.83. The Kier molecular flexibility index (Phi) is 20.8. The number of ether oxygens (including phenoxy) is 4. The van der Waals surface area contributed by atoms with Crippen molar-refractivity contribution in [2.24, 2.45) is 0 Å². The van der Waals surface area contributed by atoms with E-state index in [9.17, 15) is 22.8 Å². The number of anilines is 2. The Morgan fingerprint density at radius 3 is 2.19 bits per heavy atom. The topological polar surface area (TPSA) is 131 Å². The van der Waals surface area contributed by atoms with E-state index in [0.29, 0.717) is 69.5 Å². The first-order valence-electron chi connectivity index (χ1n) is 18.6. The van der Waals surface area contributed by atoms with Crippen LogP contribution in [0.2, 0.25) is 0 Å². The molecule has 0 aliphatic rings. The van der Waals surface area contributed by atoms with E-state index < -0.39 is 11.7 Å². The predicted octanol–water partition coefficient (Wildman–Crippen LogP) is 6.52. The van der Waals surface area contributed by atoms with Crippen LogP contribution in [0.15, 0.2) is 85.1 Å². The van der Waals surface area contributed by atoms with Gasteiger partial charge >= 0.3 is 6.18 Å². The molecular weight excluding hydrogens is 741 g/mol. The quantitative estimate of drug-likeness (QED) is 0.0491. The summed E-state index contributed by atoms with van der Waals surface area (Å²) in [5.41, 5.74) is 5.51. The first-order valence-corrected chi connectivity index (χ1v) is 18.6. The highest BCUT2D eigenvalue weighted by Crippen LogP contribution is 2.32. The minimum absolute atomic E-state index is 0.0124. The van der Waals surface area contributed by atoms with Crippen molar-refractivity contribution in [1.82, 2.24) is 10.3 Å². The predicted molar refractivity (Wildman–Crippen MR) is 214 cm³/mol. The van der Waals surface area contributed by atoms with Crippen LogP contribution in [0.5, 0.6) is 0 Å². The normalized spacial score (nSPS) is 10.8. The second-order valence-electron chi connectivity index (χ2n) is 12.3. The maximum atomic E-state index is 13.3. The van der Waals surface area contributed by atoms with Crippen LogP contribution in [0.25, 0.3) is 11.3 Å². The number of aromatic nitrogens is 1. The monoisotopic (exact) mass is 792 g/mol. The van der Waals surface area contributed by atoms with Gasteiger partial charge in [0.1, 0.15) is 6.61 Å². The Labute approximate surface area is 332 Å². The standard InChI is InChI=1S/C34H43N3O6.C9H8F3NO/c1-4-37(5-2)30-11-12-32(31(26-30)33-24-27(3)13-14-35-33)36-34(39)29-10-6-8-28(25-29)9-7-16-40-18-20-42-22-23-43-21-19-41-17-15-38;10-9(11,12)8-3-1-2-7(4-8)5-13-6-14/h6,8,10-14,24-26,38H,4-5,15-23H2,1-3H3,(H,36,39);1-4,6H,5H2,(H,13,14). The highest BCUT2D eigenvalue weighted by molar-refractivity contribution is 6.06. The first-order chi connectivity index (χ1) is 27.6. The molecule has 0 aliphatic heterocycles. The van der Waals surface area contributed by atoms with Crippen LogP contribution in [0.1, 0.15) is 46.5 Å². The molecule has 4 rings (SSSR count). The van der Waals surface area contributed by atoms with E-state index in [1.807, 2.05) is 43.3 Å². The number of amides is 2. The van der Waals surface area contributed by atoms with Crippen LogP contribution in [0.4, 0.5) is 24.5 Å². The van der Waals surface area contributed by atoms with Gasteiger partial charge in [-0.25, -0.2) is 0 Å². The molecule has 1 aromatic heterocycles. The fourth-order valence-electron chi connectivity index (χ4n) is 5.26. The van der Waals surface area contributed by atoms with E-state index >= 15 is 0 Å². The number of nitrogens with one attached hydrogen (secondary N) is 2. The number of carbonyl (C=O) groups excluding carboxylic acids is 2. The zero-order valence-corrected chi connectivity index (χ0v) is 32.6. The number of pyridine rings is 1. The molecule has 0 atom stereocenters. The molecule has 0 saturated heterocycles. The minimum atomic E-state index is -4.34. The van der Waals surface area contributed by atoms with Crippen molar-refractivity contribution in [2.75, 3.05) is 82.8 Å². The number of hydrogen-bond acceptors (Lipinski definition) is 9. The Morgan fingerprint density at radius 2 is 1.54 bits per heavy atom. The number of rotatable bonds is 21. The van der Waals surface area contributed by atoms with Gasteiger partial charge in [0.2, 0.25) is 6.41 Å². The molecule has 3 aromatic carbocycles. The van der Waals surface area contributed by atoms with Crippen LogP contribution >= 0.6 is 0 Å². The molecule has 0 unspecified atom stereocenters. The summed E-state index contributed by atoms with van der Waals surface area (Å²) < 4.78 is 58.0. The molecule has 0 radical (unpaired) electrons. The third kappa shape index (κ3) is 17.2. The lowest BCUT2D eigenvalue weighted by atomic mass is 10.0. The molecular formula is C43H51F3N4O7. The van der Waals surface area contributed by atoms with Crippen LogP contribution in [-0.4, -0.2) is 95.0 Å². The van der Waals surface area contributed by atoms with Crippen LogP contribution in [0, 0.1) is 18.8 Å². The van der Waals surface area contributed by atoms with Gasteiger partial charge < -0.3 is 39.6 Å². The molecule has 0 fully saturated rings. The maximum absolute atomic E-state index is 13.3. The summed E-state index contributed by atoms with van der Waals surface area (Å²) >= 11 is 0. The summed E-state index contributed by atoms with van der Waals surface area (Å²) in [7, 11) is 0. The van der Waals surface area contributed by atoms with E-state index in [1.165, 1.54) is 12.1 Å². The van der Waals surface area contributed by atoms with E-state index in [-0.39, 0.29) is 25.7 Å². The number of alkyl halides is 3. The van der Waals surface area contributed by atoms with E-state index in [2.05, 4.69) is 52.3 Å². The summed E-state index contributed by atoms with van der Waals surface area (Å²) in [4.78, 5) is 30.1. The highest BCUT2D eigenvalue weighted by atomic mass is 19.4. The Morgan fingerprint density at radius 1 is 0.860 bits per heavy atom. The molecule has 4 aromatic rings. The van der Waals surface area contributed by atoms with Gasteiger partial charge in [0.15, 0.2) is 0 Å². The SMILES string of the molecule is CCN(CC)c1ccc(NC(=O)c2cccc(C#CCOCCOCCOCCOCCO)c2)c(-c2cc(C)ccn2)c1.O=CNCc1cccc(C(F)(F)F)c1. The lowest BCUT2D eigenvalue weighted by Gasteiger charge is -2.23. The zero-order chi connectivity index (χ0) is 41.3. The van der Waals surface area contributed by atoms with Gasteiger partial charge in [0.25, 0.3) is 5.91 Å². The van der Waals surface area contributed by atoms with E-state index in [1.54, 1.807) is 18.3 Å². The molecule has 14 heteroatoms. The van der Waals surface area contributed by atoms with Crippen molar-refractivity contribution in [3.05, 3.63) is 113 Å². The minimum Gasteiger partial charge on any atom is -0.394 e. The summed E-state index contributed by atoms with van der Waals surface area (Å²) in [5, 5.41) is 14.0. The lowest BCUT2D eigenvalue weighted by molar-refractivity contribution is -0.137. The van der Waals surface area contributed by atoms with Crippen molar-refractivity contribution in [3.8, 4) is 23.1 Å². The third-order valence-electron chi connectivity index (χ3n) is 8.10. The maximum Gasteiger partial charge on any atom is 0.416 e. The number of nitrogens with zero attached hydrogens (tertiary/aromatic N) is 2. The van der Waals surface area contributed by atoms with Crippen molar-refractivity contribution in [1.29, 1.82) is 0 Å². The Hall–Kier alpha value is -5.30. The second kappa shape index (κ2) is 25.8. The molecule has 2 amide bonds. The van der Waals surface area contributed by atoms with Crippen molar-refractivity contribution < 1.29 is 46.8 Å². The van der Waals surface area contributed by atoms with E-state index in [4.69, 9.17) is 24.1 Å². The Balaban J connectivity index is 0.000000522. The molecule has 0 aliphatic carbocycles. The fourth-order valence-corrected chi connectivity index (χ4v) is 5.26. The van der Waals surface area contributed by atoms with Gasteiger partial charge in [0, 0.05) is 48.2 Å². The Bertz CT molecular complexity index is 1880. The number of carbonyl (C=O) groups is 2. The average molecular weight is 793 g/mol. The largest absolute Gasteiger partial charge is 0.416 e. The molecule has 1 heterocycles. The second-order valence-corrected chi connectivity index (χ2v) is 12.3. The van der Waals surface area contributed by atoms with Gasteiger partial charge in [-0.05, 0) is 92.6 Å². The van der Waals surface area contributed by atoms with Gasteiger partial charge in [0.05, 0.1) is 69.8 Å². The number of benzene rings is 3.